The van der Waals surface area contributed by atoms with E-state index < -0.39 is 5.41 Å². The van der Waals surface area contributed by atoms with E-state index in [1.807, 2.05) is 55.5 Å². The minimum absolute atomic E-state index is 0.0332. The molecule has 1 fully saturated rings. The molecule has 0 aromatic heterocycles. The summed E-state index contributed by atoms with van der Waals surface area (Å²) in [7, 11) is 0. The zero-order chi connectivity index (χ0) is 19.3. The van der Waals surface area contributed by atoms with E-state index in [9.17, 15) is 4.79 Å². The van der Waals surface area contributed by atoms with E-state index >= 15 is 0 Å². The maximum absolute atomic E-state index is 13.4. The molecule has 1 aliphatic rings. The fourth-order valence-electron chi connectivity index (χ4n) is 3.81. The molecule has 3 nitrogen and oxygen atoms in total. The van der Waals surface area contributed by atoms with Crippen molar-refractivity contribution in [2.75, 3.05) is 5.32 Å². The van der Waals surface area contributed by atoms with Crippen molar-refractivity contribution >= 4 is 23.2 Å². The molecule has 3 rings (SSSR count). The molecule has 0 spiro atoms. The van der Waals surface area contributed by atoms with Crippen molar-refractivity contribution in [1.29, 1.82) is 0 Å². The lowest BCUT2D eigenvalue weighted by Gasteiger charge is -2.37. The lowest BCUT2D eigenvalue weighted by atomic mass is 9.68. The van der Waals surface area contributed by atoms with Gasteiger partial charge in [0.25, 0.3) is 0 Å². The van der Waals surface area contributed by atoms with Gasteiger partial charge in [-0.05, 0) is 62.1 Å². The number of carbonyl (C=O) groups excluding carboxylic acids is 1. The number of nitrogens with one attached hydrogen (secondary N) is 1. The van der Waals surface area contributed by atoms with E-state index in [0.29, 0.717) is 5.02 Å². The number of amides is 1. The highest BCUT2D eigenvalue weighted by Gasteiger charge is 2.42. The molecule has 1 saturated carbocycles. The van der Waals surface area contributed by atoms with Gasteiger partial charge >= 0.3 is 0 Å². The fourth-order valence-corrected chi connectivity index (χ4v) is 4.12. The van der Waals surface area contributed by atoms with Crippen LogP contribution in [0.5, 0.6) is 5.75 Å². The molecule has 0 heterocycles. The predicted molar refractivity (Wildman–Crippen MR) is 112 cm³/mol. The average Bonchev–Trinajstić information content (AvgIpc) is 2.70. The Balaban J connectivity index is 1.80. The van der Waals surface area contributed by atoms with Gasteiger partial charge in [0.15, 0.2) is 0 Å². The highest BCUT2D eigenvalue weighted by molar-refractivity contribution is 6.31. The van der Waals surface area contributed by atoms with Crippen LogP contribution in [0.25, 0.3) is 0 Å². The Hall–Kier alpha value is -2.00. The molecule has 0 aliphatic heterocycles. The van der Waals surface area contributed by atoms with E-state index in [4.69, 9.17) is 16.3 Å². The van der Waals surface area contributed by atoms with Crippen LogP contribution in [0.1, 0.15) is 57.9 Å². The van der Waals surface area contributed by atoms with Crippen LogP contribution in [-0.4, -0.2) is 12.0 Å². The van der Waals surface area contributed by atoms with E-state index in [1.165, 1.54) is 6.42 Å². The standard InChI is InChI=1S/C23H28ClNO2/c1-3-17(2)27-19-13-11-18(12-14-19)25-22(26)23(15-7-4-8-16-23)20-9-5-6-10-21(20)24/h5-6,9-14,17H,3-4,7-8,15-16H2,1-2H3,(H,25,26)/t17-/m0/s1. The number of ether oxygens (including phenoxy) is 1. The quantitative estimate of drug-likeness (QED) is 0.628. The Bertz CT molecular complexity index is 766. The van der Waals surface area contributed by atoms with Crippen LogP contribution in [0.2, 0.25) is 5.02 Å². The molecular formula is C23H28ClNO2. The monoisotopic (exact) mass is 385 g/mol. The molecule has 0 bridgehead atoms. The van der Waals surface area contributed by atoms with Gasteiger partial charge in [0.05, 0.1) is 11.5 Å². The number of rotatable bonds is 6. The lowest BCUT2D eigenvalue weighted by molar-refractivity contribution is -0.122. The minimum atomic E-state index is -0.553. The number of benzene rings is 2. The largest absolute Gasteiger partial charge is 0.491 e. The Morgan fingerprint density at radius 3 is 2.41 bits per heavy atom. The number of halogens is 1. The van der Waals surface area contributed by atoms with Crippen molar-refractivity contribution in [3.05, 3.63) is 59.1 Å². The molecule has 1 aliphatic carbocycles. The summed E-state index contributed by atoms with van der Waals surface area (Å²) in [4.78, 5) is 13.4. The summed E-state index contributed by atoms with van der Waals surface area (Å²) in [5, 5.41) is 3.79. The normalized spacial score (nSPS) is 17.1. The molecule has 0 radical (unpaired) electrons. The van der Waals surface area contributed by atoms with Gasteiger partial charge in [0.2, 0.25) is 5.91 Å². The van der Waals surface area contributed by atoms with Crippen molar-refractivity contribution in [3.63, 3.8) is 0 Å². The first kappa shape index (κ1) is 19.8. The van der Waals surface area contributed by atoms with E-state index in [2.05, 4.69) is 12.2 Å². The summed E-state index contributed by atoms with van der Waals surface area (Å²) in [5.74, 6) is 0.853. The fraction of sp³-hybridized carbons (Fsp3) is 0.435. The number of hydrogen-bond acceptors (Lipinski definition) is 2. The maximum atomic E-state index is 13.4. The minimum Gasteiger partial charge on any atom is -0.491 e. The van der Waals surface area contributed by atoms with Crippen molar-refractivity contribution in [1.82, 2.24) is 0 Å². The second-order valence-electron chi connectivity index (χ2n) is 7.44. The van der Waals surface area contributed by atoms with Gasteiger partial charge < -0.3 is 10.1 Å². The molecule has 2 aromatic carbocycles. The SMILES string of the molecule is CC[C@H](C)Oc1ccc(NC(=O)C2(c3ccccc3Cl)CCCCC2)cc1. The lowest BCUT2D eigenvalue weighted by Crippen LogP contribution is -2.42. The van der Waals surface area contributed by atoms with Gasteiger partial charge in [0, 0.05) is 10.7 Å². The van der Waals surface area contributed by atoms with Gasteiger partial charge in [0.1, 0.15) is 5.75 Å². The summed E-state index contributed by atoms with van der Waals surface area (Å²) in [6, 6.07) is 15.4. The van der Waals surface area contributed by atoms with E-state index in [0.717, 1.165) is 49.1 Å². The third kappa shape index (κ3) is 4.47. The Morgan fingerprint density at radius 1 is 1.11 bits per heavy atom. The summed E-state index contributed by atoms with van der Waals surface area (Å²) < 4.78 is 5.81. The third-order valence-electron chi connectivity index (χ3n) is 5.56. The summed E-state index contributed by atoms with van der Waals surface area (Å²) in [5.41, 5.74) is 1.18. The topological polar surface area (TPSA) is 38.3 Å². The molecule has 1 atom stereocenters. The molecule has 1 amide bonds. The van der Waals surface area contributed by atoms with Crippen LogP contribution >= 0.6 is 11.6 Å². The third-order valence-corrected chi connectivity index (χ3v) is 5.89. The Kier molecular flexibility index (Phi) is 6.43. The Morgan fingerprint density at radius 2 is 1.78 bits per heavy atom. The number of anilines is 1. The van der Waals surface area contributed by atoms with Gasteiger partial charge in [-0.1, -0.05) is 56.0 Å². The molecule has 0 unspecified atom stereocenters. The van der Waals surface area contributed by atoms with E-state index in [1.54, 1.807) is 0 Å². The van der Waals surface area contributed by atoms with Crippen LogP contribution in [-0.2, 0) is 10.2 Å². The summed E-state index contributed by atoms with van der Waals surface area (Å²) >= 11 is 6.48. The van der Waals surface area contributed by atoms with Crippen LogP contribution in [0.4, 0.5) is 5.69 Å². The molecule has 27 heavy (non-hydrogen) atoms. The first-order valence-corrected chi connectivity index (χ1v) is 10.3. The van der Waals surface area contributed by atoms with Gasteiger partial charge in [-0.25, -0.2) is 0 Å². The second-order valence-corrected chi connectivity index (χ2v) is 7.85. The maximum Gasteiger partial charge on any atom is 0.235 e. The van der Waals surface area contributed by atoms with Crippen LogP contribution in [0, 0.1) is 0 Å². The molecule has 2 aromatic rings. The number of hydrogen-bond donors (Lipinski definition) is 1. The number of carbonyl (C=O) groups is 1. The zero-order valence-corrected chi connectivity index (χ0v) is 16.9. The van der Waals surface area contributed by atoms with Gasteiger partial charge in [-0.15, -0.1) is 0 Å². The zero-order valence-electron chi connectivity index (χ0n) is 16.1. The smallest absolute Gasteiger partial charge is 0.235 e. The van der Waals surface area contributed by atoms with Crippen LogP contribution < -0.4 is 10.1 Å². The van der Waals surface area contributed by atoms with Crippen molar-refractivity contribution in [2.45, 2.75) is 63.9 Å². The van der Waals surface area contributed by atoms with Crippen LogP contribution in [0.15, 0.2) is 48.5 Å². The van der Waals surface area contributed by atoms with E-state index in [-0.39, 0.29) is 12.0 Å². The van der Waals surface area contributed by atoms with Gasteiger partial charge in [-0.3, -0.25) is 4.79 Å². The first-order chi connectivity index (χ1) is 13.0. The first-order valence-electron chi connectivity index (χ1n) is 9.88. The van der Waals surface area contributed by atoms with Crippen molar-refractivity contribution in [3.8, 4) is 5.75 Å². The summed E-state index contributed by atoms with van der Waals surface area (Å²) in [6.07, 6.45) is 6.05. The second kappa shape index (κ2) is 8.79. The average molecular weight is 386 g/mol. The molecule has 0 saturated heterocycles. The highest BCUT2D eigenvalue weighted by Crippen LogP contribution is 2.43. The van der Waals surface area contributed by atoms with Crippen molar-refractivity contribution < 1.29 is 9.53 Å². The Labute approximate surface area is 167 Å². The summed E-state index contributed by atoms with van der Waals surface area (Å²) in [6.45, 7) is 4.14. The molecular weight excluding hydrogens is 358 g/mol. The van der Waals surface area contributed by atoms with Gasteiger partial charge in [-0.2, -0.15) is 0 Å². The predicted octanol–water partition coefficient (Wildman–Crippen LogP) is 6.36. The molecule has 1 N–H and O–H groups in total. The molecule has 4 heteroatoms. The van der Waals surface area contributed by atoms with Crippen LogP contribution in [0.3, 0.4) is 0 Å². The molecule has 144 valence electrons. The highest BCUT2D eigenvalue weighted by atomic mass is 35.5. The van der Waals surface area contributed by atoms with Crippen molar-refractivity contribution in [2.24, 2.45) is 0 Å².